The zero-order valence-electron chi connectivity index (χ0n) is 13.3. The van der Waals surface area contributed by atoms with E-state index in [4.69, 9.17) is 4.74 Å². The average molecular weight is 318 g/mol. The van der Waals surface area contributed by atoms with E-state index in [1.165, 1.54) is 11.7 Å². The van der Waals surface area contributed by atoms with Gasteiger partial charge >= 0.3 is 12.1 Å². The van der Waals surface area contributed by atoms with Crippen molar-refractivity contribution in [1.82, 2.24) is 15.0 Å². The highest BCUT2D eigenvalue weighted by atomic mass is 16.6. The number of rotatable bonds is 3. The third-order valence-corrected chi connectivity index (χ3v) is 2.83. The summed E-state index contributed by atoms with van der Waals surface area (Å²) in [7, 11) is 1.51. The molecule has 1 amide bonds. The quantitative estimate of drug-likeness (QED) is 0.900. The summed E-state index contributed by atoms with van der Waals surface area (Å²) in [6, 6.07) is 6.59. The molecule has 0 aliphatic carbocycles. The third-order valence-electron chi connectivity index (χ3n) is 2.83. The number of carbonyl (C=O) groups excluding carboxylic acids is 1. The molecule has 0 fully saturated rings. The van der Waals surface area contributed by atoms with Crippen LogP contribution >= 0.6 is 0 Å². The summed E-state index contributed by atoms with van der Waals surface area (Å²) in [4.78, 5) is 22.9. The minimum absolute atomic E-state index is 0.00199. The molecule has 1 aromatic heterocycles. The van der Waals surface area contributed by atoms with Gasteiger partial charge in [0.2, 0.25) is 0 Å². The van der Waals surface area contributed by atoms with Crippen LogP contribution in [0.15, 0.2) is 24.3 Å². The molecule has 0 bridgehead atoms. The van der Waals surface area contributed by atoms with Gasteiger partial charge < -0.3 is 9.84 Å². The number of aromatic nitrogens is 3. The number of carboxylic acid groups (broad SMARTS) is 1. The average Bonchev–Trinajstić information content (AvgIpc) is 2.79. The highest BCUT2D eigenvalue weighted by Gasteiger charge is 2.19. The maximum atomic E-state index is 11.7. The Balaban J connectivity index is 2.17. The number of amides is 1. The lowest BCUT2D eigenvalue weighted by Gasteiger charge is -2.19. The van der Waals surface area contributed by atoms with E-state index in [9.17, 15) is 14.7 Å². The molecule has 0 spiro atoms. The smallest absolute Gasteiger partial charge is 0.412 e. The molecule has 0 radical (unpaired) electrons. The second-order valence-corrected chi connectivity index (χ2v) is 5.92. The van der Waals surface area contributed by atoms with Crippen molar-refractivity contribution in [2.24, 2.45) is 7.05 Å². The van der Waals surface area contributed by atoms with Crippen LogP contribution in [0, 0.1) is 0 Å². The molecule has 23 heavy (non-hydrogen) atoms. The summed E-state index contributed by atoms with van der Waals surface area (Å²) in [6.07, 6.45) is -0.559. The van der Waals surface area contributed by atoms with Crippen LogP contribution in [0.3, 0.4) is 0 Å². The van der Waals surface area contributed by atoms with E-state index in [0.717, 1.165) is 0 Å². The number of aromatic carboxylic acids is 1. The van der Waals surface area contributed by atoms with Gasteiger partial charge in [-0.3, -0.25) is 5.32 Å². The molecule has 0 unspecified atom stereocenters. The molecule has 0 saturated heterocycles. The van der Waals surface area contributed by atoms with Crippen molar-refractivity contribution in [3.63, 3.8) is 0 Å². The van der Waals surface area contributed by atoms with Crippen LogP contribution < -0.4 is 5.32 Å². The largest absolute Gasteiger partial charge is 0.476 e. The molecule has 2 rings (SSSR count). The summed E-state index contributed by atoms with van der Waals surface area (Å²) >= 11 is 0. The summed E-state index contributed by atoms with van der Waals surface area (Å²) < 4.78 is 6.36. The number of aryl methyl sites for hydroxylation is 1. The SMILES string of the molecule is Cn1nnc(-c2ccc(NC(=O)OC(C)(C)C)cc2)c1C(=O)O. The minimum atomic E-state index is -1.11. The van der Waals surface area contributed by atoms with Crippen LogP contribution in [-0.2, 0) is 11.8 Å². The number of nitrogens with one attached hydrogen (secondary N) is 1. The molecule has 0 atom stereocenters. The van der Waals surface area contributed by atoms with E-state index in [1.54, 1.807) is 45.0 Å². The fourth-order valence-electron chi connectivity index (χ4n) is 1.92. The lowest BCUT2D eigenvalue weighted by molar-refractivity contribution is 0.0633. The van der Waals surface area contributed by atoms with Crippen molar-refractivity contribution >= 4 is 17.7 Å². The predicted molar refractivity (Wildman–Crippen MR) is 83.3 cm³/mol. The Morgan fingerprint density at radius 2 is 1.83 bits per heavy atom. The van der Waals surface area contributed by atoms with Crippen LogP contribution in [0.2, 0.25) is 0 Å². The first-order valence-electron chi connectivity index (χ1n) is 6.91. The van der Waals surface area contributed by atoms with E-state index in [-0.39, 0.29) is 11.4 Å². The van der Waals surface area contributed by atoms with Gasteiger partial charge in [-0.2, -0.15) is 0 Å². The number of carboxylic acids is 1. The van der Waals surface area contributed by atoms with Crippen molar-refractivity contribution in [3.05, 3.63) is 30.0 Å². The highest BCUT2D eigenvalue weighted by Crippen LogP contribution is 2.23. The van der Waals surface area contributed by atoms with Crippen molar-refractivity contribution in [1.29, 1.82) is 0 Å². The number of carbonyl (C=O) groups is 2. The lowest BCUT2D eigenvalue weighted by Crippen LogP contribution is -2.27. The fourth-order valence-corrected chi connectivity index (χ4v) is 1.92. The van der Waals surface area contributed by atoms with Gasteiger partial charge in [0.15, 0.2) is 5.69 Å². The molecule has 0 saturated carbocycles. The monoisotopic (exact) mass is 318 g/mol. The van der Waals surface area contributed by atoms with E-state index in [0.29, 0.717) is 11.3 Å². The van der Waals surface area contributed by atoms with Gasteiger partial charge in [0.25, 0.3) is 0 Å². The predicted octanol–water partition coefficient (Wildman–Crippen LogP) is 2.53. The Morgan fingerprint density at radius 3 is 2.35 bits per heavy atom. The second-order valence-electron chi connectivity index (χ2n) is 5.92. The third kappa shape index (κ3) is 4.06. The molecule has 2 N–H and O–H groups in total. The van der Waals surface area contributed by atoms with Gasteiger partial charge in [-0.05, 0) is 32.9 Å². The van der Waals surface area contributed by atoms with Crippen molar-refractivity contribution < 1.29 is 19.4 Å². The molecule has 0 aliphatic rings. The van der Waals surface area contributed by atoms with E-state index >= 15 is 0 Å². The lowest BCUT2D eigenvalue weighted by atomic mass is 10.1. The Labute approximate surface area is 133 Å². The fraction of sp³-hybridized carbons (Fsp3) is 0.333. The number of ether oxygens (including phenoxy) is 1. The van der Waals surface area contributed by atoms with Crippen molar-refractivity contribution in [3.8, 4) is 11.3 Å². The summed E-state index contributed by atoms with van der Waals surface area (Å²) in [5, 5.41) is 19.4. The molecular formula is C15H18N4O4. The van der Waals surface area contributed by atoms with Gasteiger partial charge in [0.05, 0.1) is 0 Å². The van der Waals surface area contributed by atoms with Crippen molar-refractivity contribution in [2.75, 3.05) is 5.32 Å². The zero-order valence-corrected chi connectivity index (χ0v) is 13.3. The number of nitrogens with zero attached hydrogens (tertiary/aromatic N) is 3. The van der Waals surface area contributed by atoms with Crippen LogP contribution in [0.5, 0.6) is 0 Å². The number of benzene rings is 1. The van der Waals surface area contributed by atoms with Gasteiger partial charge in [0, 0.05) is 18.3 Å². The molecule has 122 valence electrons. The minimum Gasteiger partial charge on any atom is -0.476 e. The first kappa shape index (κ1) is 16.5. The van der Waals surface area contributed by atoms with E-state index in [2.05, 4.69) is 15.6 Å². The standard InChI is InChI=1S/C15H18N4O4/c1-15(2,3)23-14(22)16-10-7-5-9(6-8-10)11-12(13(20)21)19(4)18-17-11/h5-8H,1-4H3,(H,16,22)(H,20,21). The molecule has 1 aromatic carbocycles. The maximum Gasteiger partial charge on any atom is 0.412 e. The summed E-state index contributed by atoms with van der Waals surface area (Å²) in [5.41, 5.74) is 0.802. The molecule has 2 aromatic rings. The van der Waals surface area contributed by atoms with E-state index in [1.807, 2.05) is 0 Å². The Kier molecular flexibility index (Phi) is 4.35. The highest BCUT2D eigenvalue weighted by molar-refractivity contribution is 5.93. The summed E-state index contributed by atoms with van der Waals surface area (Å²) in [6.45, 7) is 5.32. The van der Waals surface area contributed by atoms with Gasteiger partial charge in [-0.25, -0.2) is 14.3 Å². The van der Waals surface area contributed by atoms with Gasteiger partial charge in [0.1, 0.15) is 11.3 Å². The first-order valence-corrected chi connectivity index (χ1v) is 6.91. The second kappa shape index (κ2) is 6.07. The number of hydrogen-bond acceptors (Lipinski definition) is 5. The topological polar surface area (TPSA) is 106 Å². The molecule has 8 nitrogen and oxygen atoms in total. The number of anilines is 1. The van der Waals surface area contributed by atoms with Crippen LogP contribution in [0.4, 0.5) is 10.5 Å². The molecule has 1 heterocycles. The zero-order chi connectivity index (χ0) is 17.2. The molecule has 0 aliphatic heterocycles. The van der Waals surface area contributed by atoms with Gasteiger partial charge in [-0.1, -0.05) is 17.3 Å². The van der Waals surface area contributed by atoms with Gasteiger partial charge in [-0.15, -0.1) is 5.10 Å². The molecular weight excluding hydrogens is 300 g/mol. The van der Waals surface area contributed by atoms with Crippen molar-refractivity contribution in [2.45, 2.75) is 26.4 Å². The van der Waals surface area contributed by atoms with Crippen LogP contribution in [0.1, 0.15) is 31.3 Å². The molecule has 8 heteroatoms. The van der Waals surface area contributed by atoms with E-state index < -0.39 is 17.7 Å². The Bertz CT molecular complexity index is 729. The Hall–Kier alpha value is -2.90. The van der Waals surface area contributed by atoms with Crippen LogP contribution in [-0.4, -0.2) is 37.8 Å². The van der Waals surface area contributed by atoms with Crippen LogP contribution in [0.25, 0.3) is 11.3 Å². The summed E-state index contributed by atoms with van der Waals surface area (Å²) in [5.74, 6) is -1.11. The Morgan fingerprint density at radius 1 is 1.22 bits per heavy atom. The first-order chi connectivity index (χ1) is 10.7. The normalized spacial score (nSPS) is 11.1. The number of hydrogen-bond donors (Lipinski definition) is 2. The maximum absolute atomic E-state index is 11.7.